The lowest BCUT2D eigenvalue weighted by Crippen LogP contribution is -2.02. The molecule has 0 aliphatic carbocycles. The number of pyridine rings is 1. The summed E-state index contributed by atoms with van der Waals surface area (Å²) in [7, 11) is 0. The molecule has 18 heavy (non-hydrogen) atoms. The van der Waals surface area contributed by atoms with E-state index in [0.29, 0.717) is 5.69 Å². The normalized spacial score (nSPS) is 12.8. The first kappa shape index (κ1) is 11.8. The molecule has 0 bridgehead atoms. The fraction of sp³-hybridized carbons (Fsp3) is 0.0714. The van der Waals surface area contributed by atoms with Gasteiger partial charge >= 0.3 is 0 Å². The molecule has 2 heterocycles. The molecule has 2 aromatic heterocycles. The maximum Gasteiger partial charge on any atom is 0.122 e. The van der Waals surface area contributed by atoms with Crippen LogP contribution in [0.4, 0.5) is 0 Å². The lowest BCUT2D eigenvalue weighted by Gasteiger charge is -2.11. The molecule has 0 saturated heterocycles. The second-order valence-corrected chi connectivity index (χ2v) is 5.82. The van der Waals surface area contributed by atoms with Crippen molar-refractivity contribution in [3.05, 3.63) is 63.7 Å². The van der Waals surface area contributed by atoms with Gasteiger partial charge in [-0.2, -0.15) is 0 Å². The van der Waals surface area contributed by atoms with Crippen molar-refractivity contribution in [2.75, 3.05) is 0 Å². The number of aromatic nitrogens is 1. The molecule has 1 unspecified atom stereocenters. The highest BCUT2D eigenvalue weighted by molar-refractivity contribution is 9.10. The topological polar surface area (TPSA) is 33.1 Å². The van der Waals surface area contributed by atoms with Gasteiger partial charge < -0.3 is 5.11 Å². The highest BCUT2D eigenvalue weighted by Crippen LogP contribution is 2.31. The van der Waals surface area contributed by atoms with Crippen LogP contribution >= 0.6 is 27.3 Å². The molecule has 4 heteroatoms. The van der Waals surface area contributed by atoms with Gasteiger partial charge in [0, 0.05) is 20.9 Å². The second-order valence-electron chi connectivity index (χ2n) is 3.99. The molecule has 3 rings (SSSR count). The quantitative estimate of drug-likeness (QED) is 0.770. The third-order valence-corrected chi connectivity index (χ3v) is 4.28. The number of benzene rings is 1. The van der Waals surface area contributed by atoms with Crippen molar-refractivity contribution in [2.45, 2.75) is 6.10 Å². The lowest BCUT2D eigenvalue weighted by molar-refractivity contribution is 0.217. The van der Waals surface area contributed by atoms with Crippen LogP contribution in [0.3, 0.4) is 0 Å². The van der Waals surface area contributed by atoms with Gasteiger partial charge in [-0.25, -0.2) is 0 Å². The number of rotatable bonds is 2. The molecule has 0 aliphatic heterocycles. The van der Waals surface area contributed by atoms with Crippen molar-refractivity contribution in [1.29, 1.82) is 0 Å². The fourth-order valence-corrected chi connectivity index (χ4v) is 3.11. The Labute approximate surface area is 117 Å². The van der Waals surface area contributed by atoms with Gasteiger partial charge in [0.2, 0.25) is 0 Å². The number of nitrogens with zero attached hydrogens (tertiary/aromatic N) is 1. The number of halogens is 1. The van der Waals surface area contributed by atoms with Crippen molar-refractivity contribution in [1.82, 2.24) is 4.98 Å². The van der Waals surface area contributed by atoms with Crippen LogP contribution in [0.25, 0.3) is 10.1 Å². The summed E-state index contributed by atoms with van der Waals surface area (Å²) in [4.78, 5) is 4.25. The summed E-state index contributed by atoms with van der Waals surface area (Å²) < 4.78 is 2.03. The number of aliphatic hydroxyl groups excluding tert-OH is 1. The zero-order chi connectivity index (χ0) is 12.5. The van der Waals surface area contributed by atoms with Crippen LogP contribution in [-0.4, -0.2) is 10.1 Å². The van der Waals surface area contributed by atoms with Crippen molar-refractivity contribution in [3.8, 4) is 0 Å². The zero-order valence-electron chi connectivity index (χ0n) is 9.38. The first-order valence-corrected chi connectivity index (χ1v) is 7.18. The van der Waals surface area contributed by atoms with E-state index in [2.05, 4.69) is 33.0 Å². The Hall–Kier alpha value is -1.23. The zero-order valence-corrected chi connectivity index (χ0v) is 11.8. The van der Waals surface area contributed by atoms with E-state index in [9.17, 15) is 5.11 Å². The van der Waals surface area contributed by atoms with Crippen LogP contribution in [-0.2, 0) is 0 Å². The number of hydrogen-bond acceptors (Lipinski definition) is 3. The van der Waals surface area contributed by atoms with Gasteiger partial charge in [0.15, 0.2) is 0 Å². The van der Waals surface area contributed by atoms with E-state index in [1.54, 1.807) is 17.5 Å². The molecule has 3 aromatic rings. The van der Waals surface area contributed by atoms with Gasteiger partial charge in [-0.1, -0.05) is 18.2 Å². The molecule has 90 valence electrons. The van der Waals surface area contributed by atoms with E-state index >= 15 is 0 Å². The summed E-state index contributed by atoms with van der Waals surface area (Å²) in [5.41, 5.74) is 1.58. The van der Waals surface area contributed by atoms with Crippen molar-refractivity contribution in [2.24, 2.45) is 0 Å². The van der Waals surface area contributed by atoms with Crippen LogP contribution in [0.1, 0.15) is 17.4 Å². The smallest absolute Gasteiger partial charge is 0.122 e. The Morgan fingerprint density at radius 3 is 2.83 bits per heavy atom. The van der Waals surface area contributed by atoms with Crippen molar-refractivity contribution < 1.29 is 5.11 Å². The predicted octanol–water partition coefficient (Wildman–Crippen LogP) is 4.14. The van der Waals surface area contributed by atoms with Crippen LogP contribution in [0.15, 0.2) is 52.4 Å². The molecule has 2 nitrogen and oxygen atoms in total. The molecule has 1 N–H and O–H groups in total. The summed E-state index contributed by atoms with van der Waals surface area (Å²) in [6, 6.07) is 11.8. The Morgan fingerprint density at radius 1 is 1.17 bits per heavy atom. The Bertz CT molecular complexity index is 678. The Morgan fingerprint density at radius 2 is 2.06 bits per heavy atom. The number of aliphatic hydroxyl groups is 1. The summed E-state index contributed by atoms with van der Waals surface area (Å²) in [5.74, 6) is 0. The van der Waals surface area contributed by atoms with Gasteiger partial charge in [-0.05, 0) is 44.9 Å². The summed E-state index contributed by atoms with van der Waals surface area (Å²) in [6.45, 7) is 0. The molecule has 1 aromatic carbocycles. The Kier molecular flexibility index (Phi) is 3.16. The maximum absolute atomic E-state index is 10.4. The van der Waals surface area contributed by atoms with E-state index in [-0.39, 0.29) is 0 Å². The van der Waals surface area contributed by atoms with Gasteiger partial charge in [-0.15, -0.1) is 11.3 Å². The standard InChI is InChI=1S/C14H10BrNOS/c15-10-4-5-12(16-8-10)13(17)11-3-1-2-9-6-7-18-14(9)11/h1-8,13,17H. The van der Waals surface area contributed by atoms with Crippen LogP contribution in [0.2, 0.25) is 0 Å². The van der Waals surface area contributed by atoms with E-state index in [4.69, 9.17) is 0 Å². The second kappa shape index (κ2) is 4.80. The van der Waals surface area contributed by atoms with Crippen LogP contribution in [0, 0.1) is 0 Å². The minimum absolute atomic E-state index is 0.666. The number of hydrogen-bond donors (Lipinski definition) is 1. The monoisotopic (exact) mass is 319 g/mol. The molecule has 0 amide bonds. The van der Waals surface area contributed by atoms with Gasteiger partial charge in [-0.3, -0.25) is 4.98 Å². The first-order chi connectivity index (χ1) is 8.75. The maximum atomic E-state index is 10.4. The van der Waals surface area contributed by atoms with E-state index < -0.39 is 6.10 Å². The molecule has 0 fully saturated rings. The van der Waals surface area contributed by atoms with Crippen LogP contribution < -0.4 is 0 Å². The number of fused-ring (bicyclic) bond motifs is 1. The molecule has 1 atom stereocenters. The minimum atomic E-state index is -0.680. The average molecular weight is 320 g/mol. The SMILES string of the molecule is OC(c1ccc(Br)cn1)c1cccc2ccsc12. The number of thiophene rings is 1. The third kappa shape index (κ3) is 2.07. The highest BCUT2D eigenvalue weighted by atomic mass is 79.9. The molecular formula is C14H10BrNOS. The summed E-state index contributed by atoms with van der Waals surface area (Å²) in [5, 5.41) is 13.6. The van der Waals surface area contributed by atoms with Crippen LogP contribution in [0.5, 0.6) is 0 Å². The van der Waals surface area contributed by atoms with E-state index in [1.165, 1.54) is 0 Å². The fourth-order valence-electron chi connectivity index (χ4n) is 1.94. The molecule has 0 spiro atoms. The van der Waals surface area contributed by atoms with Gasteiger partial charge in [0.25, 0.3) is 0 Å². The average Bonchev–Trinajstić information content (AvgIpc) is 2.87. The lowest BCUT2D eigenvalue weighted by atomic mass is 10.0. The van der Waals surface area contributed by atoms with Gasteiger partial charge in [0.05, 0.1) is 5.69 Å². The van der Waals surface area contributed by atoms with E-state index in [0.717, 1.165) is 20.1 Å². The van der Waals surface area contributed by atoms with Gasteiger partial charge in [0.1, 0.15) is 6.10 Å². The molecule has 0 aliphatic rings. The molecule has 0 radical (unpaired) electrons. The van der Waals surface area contributed by atoms with E-state index in [1.807, 2.05) is 29.6 Å². The molecular weight excluding hydrogens is 310 g/mol. The summed E-state index contributed by atoms with van der Waals surface area (Å²) in [6.07, 6.45) is 1.02. The molecule has 0 saturated carbocycles. The first-order valence-electron chi connectivity index (χ1n) is 5.51. The predicted molar refractivity (Wildman–Crippen MR) is 77.8 cm³/mol. The largest absolute Gasteiger partial charge is 0.382 e. The Balaban J connectivity index is 2.08. The summed E-state index contributed by atoms with van der Waals surface area (Å²) >= 11 is 4.99. The minimum Gasteiger partial charge on any atom is -0.382 e. The third-order valence-electron chi connectivity index (χ3n) is 2.83. The highest BCUT2D eigenvalue weighted by Gasteiger charge is 2.15. The van der Waals surface area contributed by atoms with Crippen molar-refractivity contribution in [3.63, 3.8) is 0 Å². The van der Waals surface area contributed by atoms with Crippen molar-refractivity contribution >= 4 is 37.4 Å².